The van der Waals surface area contributed by atoms with E-state index < -0.39 is 0 Å². The quantitative estimate of drug-likeness (QED) is 0.609. The summed E-state index contributed by atoms with van der Waals surface area (Å²) < 4.78 is 11.7. The van der Waals surface area contributed by atoms with Crippen molar-refractivity contribution in [3.63, 3.8) is 0 Å². The number of piperidine rings is 1. The van der Waals surface area contributed by atoms with E-state index in [0.717, 1.165) is 26.0 Å². The molecule has 0 saturated carbocycles. The van der Waals surface area contributed by atoms with Crippen LogP contribution < -0.4 is 5.32 Å². The Labute approximate surface area is 79.8 Å². The largest absolute Gasteiger partial charge is 0.375 e. The van der Waals surface area contributed by atoms with Crippen LogP contribution in [0.2, 0.25) is 0 Å². The highest BCUT2D eigenvalue weighted by atomic mass is 16.6. The molecule has 2 fully saturated rings. The van der Waals surface area contributed by atoms with Crippen molar-refractivity contribution in [1.29, 1.82) is 0 Å². The van der Waals surface area contributed by atoms with Gasteiger partial charge in [0.25, 0.3) is 0 Å². The predicted molar refractivity (Wildman–Crippen MR) is 50.8 cm³/mol. The van der Waals surface area contributed by atoms with Gasteiger partial charge in [0.1, 0.15) is 0 Å². The highest BCUT2D eigenvalue weighted by molar-refractivity contribution is 4.88. The van der Waals surface area contributed by atoms with E-state index in [9.17, 15) is 0 Å². The third-order valence-corrected chi connectivity index (χ3v) is 3.00. The van der Waals surface area contributed by atoms with E-state index in [4.69, 9.17) is 9.47 Å². The molecule has 0 aliphatic carbocycles. The Balaban J connectivity index is 2.03. The number of hydrogen-bond acceptors (Lipinski definition) is 3. The van der Waals surface area contributed by atoms with E-state index in [2.05, 4.69) is 19.2 Å². The second kappa shape index (κ2) is 3.95. The first kappa shape index (κ1) is 9.44. The second-order valence-corrected chi connectivity index (χ2v) is 4.14. The fourth-order valence-corrected chi connectivity index (χ4v) is 2.16. The van der Waals surface area contributed by atoms with Crippen LogP contribution in [0.5, 0.6) is 0 Å². The number of hydrogen-bond donors (Lipinski definition) is 1. The molecule has 2 aliphatic rings. The number of nitrogens with one attached hydrogen (secondary N) is 1. The molecule has 0 aromatic rings. The van der Waals surface area contributed by atoms with Gasteiger partial charge in [-0.15, -0.1) is 0 Å². The van der Waals surface area contributed by atoms with Crippen molar-refractivity contribution in [2.75, 3.05) is 13.2 Å². The van der Waals surface area contributed by atoms with Crippen molar-refractivity contribution >= 4 is 0 Å². The lowest BCUT2D eigenvalue weighted by Crippen LogP contribution is -2.52. The first-order valence-corrected chi connectivity index (χ1v) is 5.28. The topological polar surface area (TPSA) is 30.5 Å². The third kappa shape index (κ3) is 2.03. The molecule has 4 atom stereocenters. The maximum Gasteiger partial charge on any atom is 0.0990 e. The molecule has 0 aromatic heterocycles. The SMILES string of the molecule is CC1CCOC2CCNC(C)C2O1. The minimum Gasteiger partial charge on any atom is -0.375 e. The summed E-state index contributed by atoms with van der Waals surface area (Å²) in [6.45, 7) is 6.22. The first-order valence-electron chi connectivity index (χ1n) is 5.28. The van der Waals surface area contributed by atoms with E-state index in [1.807, 2.05) is 0 Å². The molecule has 0 radical (unpaired) electrons. The zero-order valence-electron chi connectivity index (χ0n) is 8.45. The average Bonchev–Trinajstić information content (AvgIpc) is 2.28. The van der Waals surface area contributed by atoms with Gasteiger partial charge in [0.15, 0.2) is 0 Å². The standard InChI is InChI=1S/C10H19NO2/c1-7-4-6-12-9-3-5-11-8(2)10(9)13-7/h7-11H,3-6H2,1-2H3. The Hall–Kier alpha value is -0.120. The van der Waals surface area contributed by atoms with Gasteiger partial charge in [0, 0.05) is 12.6 Å². The van der Waals surface area contributed by atoms with Gasteiger partial charge in [-0.2, -0.15) is 0 Å². The fourth-order valence-electron chi connectivity index (χ4n) is 2.16. The molecule has 76 valence electrons. The van der Waals surface area contributed by atoms with Crippen LogP contribution in [0.3, 0.4) is 0 Å². The summed E-state index contributed by atoms with van der Waals surface area (Å²) in [6, 6.07) is 0.430. The Kier molecular flexibility index (Phi) is 2.86. The molecule has 0 spiro atoms. The van der Waals surface area contributed by atoms with Gasteiger partial charge >= 0.3 is 0 Å². The molecule has 0 bridgehead atoms. The minimum atomic E-state index is 0.256. The highest BCUT2D eigenvalue weighted by Crippen LogP contribution is 2.22. The zero-order chi connectivity index (χ0) is 9.26. The molecule has 2 saturated heterocycles. The Bertz CT molecular complexity index is 174. The van der Waals surface area contributed by atoms with E-state index in [1.165, 1.54) is 0 Å². The van der Waals surface area contributed by atoms with E-state index in [-0.39, 0.29) is 6.10 Å². The summed E-state index contributed by atoms with van der Waals surface area (Å²) in [5.74, 6) is 0. The van der Waals surface area contributed by atoms with Crippen molar-refractivity contribution in [3.8, 4) is 0 Å². The third-order valence-electron chi connectivity index (χ3n) is 3.00. The molecule has 0 aromatic carbocycles. The van der Waals surface area contributed by atoms with E-state index >= 15 is 0 Å². The summed E-state index contributed by atoms with van der Waals surface area (Å²) in [4.78, 5) is 0. The zero-order valence-corrected chi connectivity index (χ0v) is 8.45. The fraction of sp³-hybridized carbons (Fsp3) is 1.00. The van der Waals surface area contributed by atoms with Crippen molar-refractivity contribution in [1.82, 2.24) is 5.32 Å². The van der Waals surface area contributed by atoms with Gasteiger partial charge in [-0.05, 0) is 33.2 Å². The maximum atomic E-state index is 5.94. The molecule has 3 nitrogen and oxygen atoms in total. The van der Waals surface area contributed by atoms with E-state index in [0.29, 0.717) is 18.2 Å². The molecule has 4 unspecified atom stereocenters. The van der Waals surface area contributed by atoms with E-state index in [1.54, 1.807) is 0 Å². The Morgan fingerprint density at radius 2 is 2.08 bits per heavy atom. The van der Waals surface area contributed by atoms with Crippen molar-refractivity contribution in [3.05, 3.63) is 0 Å². The molecular weight excluding hydrogens is 166 g/mol. The van der Waals surface area contributed by atoms with Gasteiger partial charge in [-0.3, -0.25) is 0 Å². The van der Waals surface area contributed by atoms with Crippen LogP contribution in [-0.4, -0.2) is 37.5 Å². The molecule has 3 heteroatoms. The lowest BCUT2D eigenvalue weighted by Gasteiger charge is -2.35. The minimum absolute atomic E-state index is 0.256. The van der Waals surface area contributed by atoms with Crippen LogP contribution in [-0.2, 0) is 9.47 Å². The highest BCUT2D eigenvalue weighted by Gasteiger charge is 2.34. The Morgan fingerprint density at radius 1 is 1.23 bits per heavy atom. The summed E-state index contributed by atoms with van der Waals surface area (Å²) in [7, 11) is 0. The molecule has 2 aliphatic heterocycles. The van der Waals surface area contributed by atoms with Gasteiger partial charge in [-0.1, -0.05) is 0 Å². The number of rotatable bonds is 0. The van der Waals surface area contributed by atoms with Crippen LogP contribution >= 0.6 is 0 Å². The molecule has 2 heterocycles. The molecule has 2 rings (SSSR count). The summed E-state index contributed by atoms with van der Waals surface area (Å²) in [5.41, 5.74) is 0. The maximum absolute atomic E-state index is 5.94. The van der Waals surface area contributed by atoms with Gasteiger partial charge < -0.3 is 14.8 Å². The summed E-state index contributed by atoms with van der Waals surface area (Å²) in [5, 5.41) is 3.42. The molecule has 1 N–H and O–H groups in total. The lowest BCUT2D eigenvalue weighted by molar-refractivity contribution is -0.0866. The van der Waals surface area contributed by atoms with Crippen molar-refractivity contribution in [2.45, 2.75) is 51.0 Å². The van der Waals surface area contributed by atoms with Crippen LogP contribution in [0.25, 0.3) is 0 Å². The average molecular weight is 185 g/mol. The molecular formula is C10H19NO2. The first-order chi connectivity index (χ1) is 6.27. The van der Waals surface area contributed by atoms with Gasteiger partial charge in [0.2, 0.25) is 0 Å². The smallest absolute Gasteiger partial charge is 0.0990 e. The van der Waals surface area contributed by atoms with Crippen molar-refractivity contribution in [2.24, 2.45) is 0 Å². The molecule has 13 heavy (non-hydrogen) atoms. The van der Waals surface area contributed by atoms with Gasteiger partial charge in [-0.25, -0.2) is 0 Å². The number of fused-ring (bicyclic) bond motifs is 1. The summed E-state index contributed by atoms with van der Waals surface area (Å²) in [6.07, 6.45) is 3.03. The van der Waals surface area contributed by atoms with Crippen LogP contribution in [0.1, 0.15) is 26.7 Å². The Morgan fingerprint density at radius 3 is 2.92 bits per heavy atom. The lowest BCUT2D eigenvalue weighted by atomic mass is 9.99. The summed E-state index contributed by atoms with van der Waals surface area (Å²) >= 11 is 0. The predicted octanol–water partition coefficient (Wildman–Crippen LogP) is 0.931. The normalized spacial score (nSPS) is 46.6. The van der Waals surface area contributed by atoms with Crippen molar-refractivity contribution < 1.29 is 9.47 Å². The van der Waals surface area contributed by atoms with Crippen LogP contribution in [0, 0.1) is 0 Å². The van der Waals surface area contributed by atoms with Gasteiger partial charge in [0.05, 0.1) is 18.3 Å². The van der Waals surface area contributed by atoms with Crippen LogP contribution in [0.15, 0.2) is 0 Å². The molecule has 0 amide bonds. The number of ether oxygens (including phenoxy) is 2. The second-order valence-electron chi connectivity index (χ2n) is 4.14. The monoisotopic (exact) mass is 185 g/mol. The van der Waals surface area contributed by atoms with Crippen LogP contribution in [0.4, 0.5) is 0 Å².